The van der Waals surface area contributed by atoms with Crippen molar-refractivity contribution < 1.29 is 14.3 Å². The van der Waals surface area contributed by atoms with Crippen LogP contribution >= 0.6 is 11.3 Å². The van der Waals surface area contributed by atoms with Crippen molar-refractivity contribution in [2.45, 2.75) is 19.5 Å². The SMILES string of the molecule is COc1ccc(OC)c(C(C)NC(=O)NCc2cccs2)c1. The van der Waals surface area contributed by atoms with Gasteiger partial charge >= 0.3 is 6.03 Å². The van der Waals surface area contributed by atoms with E-state index in [1.54, 1.807) is 25.6 Å². The van der Waals surface area contributed by atoms with Crippen LogP contribution in [0.15, 0.2) is 35.7 Å². The Bertz CT molecular complexity index is 614. The maximum absolute atomic E-state index is 12.0. The molecule has 0 aliphatic heterocycles. The number of rotatable bonds is 6. The predicted molar refractivity (Wildman–Crippen MR) is 87.7 cm³/mol. The summed E-state index contributed by atoms with van der Waals surface area (Å²) in [6.45, 7) is 2.42. The molecule has 0 aliphatic rings. The lowest BCUT2D eigenvalue weighted by Crippen LogP contribution is -2.36. The second-order valence-corrected chi connectivity index (χ2v) is 5.77. The fourth-order valence-corrected chi connectivity index (χ4v) is 2.73. The number of ether oxygens (including phenoxy) is 2. The number of methoxy groups -OCH3 is 2. The van der Waals surface area contributed by atoms with E-state index in [4.69, 9.17) is 9.47 Å². The van der Waals surface area contributed by atoms with Crippen molar-refractivity contribution >= 4 is 17.4 Å². The van der Waals surface area contributed by atoms with E-state index in [2.05, 4.69) is 10.6 Å². The quantitative estimate of drug-likeness (QED) is 0.858. The molecule has 2 N–H and O–H groups in total. The van der Waals surface area contributed by atoms with Gasteiger partial charge in [-0.15, -0.1) is 11.3 Å². The molecule has 0 aliphatic carbocycles. The zero-order valence-electron chi connectivity index (χ0n) is 12.9. The van der Waals surface area contributed by atoms with Gasteiger partial charge in [0.2, 0.25) is 0 Å². The first kappa shape index (κ1) is 16.2. The normalized spacial score (nSPS) is 11.6. The highest BCUT2D eigenvalue weighted by molar-refractivity contribution is 7.09. The van der Waals surface area contributed by atoms with Crippen molar-refractivity contribution in [1.29, 1.82) is 0 Å². The monoisotopic (exact) mass is 320 g/mol. The minimum absolute atomic E-state index is 0.201. The third kappa shape index (κ3) is 4.14. The van der Waals surface area contributed by atoms with Gasteiger partial charge in [-0.1, -0.05) is 6.07 Å². The van der Waals surface area contributed by atoms with Gasteiger partial charge in [0.05, 0.1) is 26.8 Å². The van der Waals surface area contributed by atoms with Crippen molar-refractivity contribution in [2.75, 3.05) is 14.2 Å². The van der Waals surface area contributed by atoms with E-state index >= 15 is 0 Å². The highest BCUT2D eigenvalue weighted by Crippen LogP contribution is 2.29. The molecule has 22 heavy (non-hydrogen) atoms. The Hall–Kier alpha value is -2.21. The Labute approximate surface area is 134 Å². The van der Waals surface area contributed by atoms with E-state index < -0.39 is 0 Å². The molecule has 5 nitrogen and oxygen atoms in total. The van der Waals surface area contributed by atoms with Gasteiger partial charge in [0.25, 0.3) is 0 Å². The fourth-order valence-electron chi connectivity index (χ4n) is 2.08. The number of nitrogens with one attached hydrogen (secondary N) is 2. The molecule has 6 heteroatoms. The van der Waals surface area contributed by atoms with Crippen LogP contribution in [0.4, 0.5) is 4.79 Å². The van der Waals surface area contributed by atoms with Crippen LogP contribution in [0.25, 0.3) is 0 Å². The zero-order chi connectivity index (χ0) is 15.9. The molecule has 0 radical (unpaired) electrons. The minimum atomic E-state index is -0.217. The smallest absolute Gasteiger partial charge is 0.315 e. The van der Waals surface area contributed by atoms with Crippen molar-refractivity contribution in [3.05, 3.63) is 46.2 Å². The van der Waals surface area contributed by atoms with Gasteiger partial charge in [-0.25, -0.2) is 4.79 Å². The Kier molecular flexibility index (Phi) is 5.66. The molecule has 118 valence electrons. The third-order valence-electron chi connectivity index (χ3n) is 3.25. The summed E-state index contributed by atoms with van der Waals surface area (Å²) in [5, 5.41) is 7.73. The van der Waals surface area contributed by atoms with Crippen LogP contribution in [0.5, 0.6) is 11.5 Å². The van der Waals surface area contributed by atoms with E-state index in [1.165, 1.54) is 0 Å². The predicted octanol–water partition coefficient (Wildman–Crippen LogP) is 3.33. The first-order valence-electron chi connectivity index (χ1n) is 6.92. The summed E-state index contributed by atoms with van der Waals surface area (Å²) in [6.07, 6.45) is 0. The molecule has 0 saturated carbocycles. The lowest BCUT2D eigenvalue weighted by atomic mass is 10.1. The van der Waals surface area contributed by atoms with Crippen LogP contribution in [0.2, 0.25) is 0 Å². The Morgan fingerprint density at radius 3 is 2.73 bits per heavy atom. The second-order valence-electron chi connectivity index (χ2n) is 4.74. The number of carbonyl (C=O) groups excluding carboxylic acids is 1. The Morgan fingerprint density at radius 1 is 1.27 bits per heavy atom. The van der Waals surface area contributed by atoms with Crippen LogP contribution in [-0.2, 0) is 6.54 Å². The molecule has 1 aromatic heterocycles. The van der Waals surface area contributed by atoms with Gasteiger partial charge in [-0.3, -0.25) is 0 Å². The molecule has 2 rings (SSSR count). The van der Waals surface area contributed by atoms with Gasteiger partial charge in [0.15, 0.2) is 0 Å². The summed E-state index contributed by atoms with van der Waals surface area (Å²) in [4.78, 5) is 13.1. The summed E-state index contributed by atoms with van der Waals surface area (Å²) in [6, 6.07) is 9.05. The summed E-state index contributed by atoms with van der Waals surface area (Å²) in [5.41, 5.74) is 0.869. The molecule has 2 aromatic rings. The topological polar surface area (TPSA) is 59.6 Å². The molecule has 2 amide bonds. The van der Waals surface area contributed by atoms with Crippen molar-refractivity contribution in [2.24, 2.45) is 0 Å². The molecule has 0 saturated heterocycles. The van der Waals surface area contributed by atoms with Gasteiger partial charge in [-0.05, 0) is 36.6 Å². The van der Waals surface area contributed by atoms with Gasteiger partial charge < -0.3 is 20.1 Å². The molecule has 0 fully saturated rings. The van der Waals surface area contributed by atoms with Gasteiger partial charge in [0.1, 0.15) is 11.5 Å². The standard InChI is InChI=1S/C16H20N2O3S/c1-11(14-9-12(20-2)6-7-15(14)21-3)18-16(19)17-10-13-5-4-8-22-13/h4-9,11H,10H2,1-3H3,(H2,17,18,19). The number of amides is 2. The molecule has 0 bridgehead atoms. The first-order valence-corrected chi connectivity index (χ1v) is 7.80. The average Bonchev–Trinajstić information content (AvgIpc) is 3.05. The summed E-state index contributed by atoms with van der Waals surface area (Å²) < 4.78 is 10.6. The van der Waals surface area contributed by atoms with Crippen molar-refractivity contribution in [3.8, 4) is 11.5 Å². The van der Waals surface area contributed by atoms with Crippen LogP contribution in [-0.4, -0.2) is 20.3 Å². The molecular weight excluding hydrogens is 300 g/mol. The zero-order valence-corrected chi connectivity index (χ0v) is 13.7. The van der Waals surface area contributed by atoms with E-state index in [0.29, 0.717) is 12.3 Å². The van der Waals surface area contributed by atoms with E-state index in [9.17, 15) is 4.79 Å². The number of thiophene rings is 1. The number of urea groups is 1. The molecule has 1 atom stereocenters. The number of hydrogen-bond acceptors (Lipinski definition) is 4. The Morgan fingerprint density at radius 2 is 2.09 bits per heavy atom. The van der Waals surface area contributed by atoms with Crippen LogP contribution < -0.4 is 20.1 Å². The molecule has 0 spiro atoms. The lowest BCUT2D eigenvalue weighted by Gasteiger charge is -2.18. The minimum Gasteiger partial charge on any atom is -0.497 e. The number of carbonyl (C=O) groups is 1. The molecule has 1 unspecified atom stereocenters. The van der Waals surface area contributed by atoms with Gasteiger partial charge in [0, 0.05) is 10.4 Å². The maximum atomic E-state index is 12.0. The van der Waals surface area contributed by atoms with E-state index in [-0.39, 0.29) is 12.1 Å². The lowest BCUT2D eigenvalue weighted by molar-refractivity contribution is 0.237. The van der Waals surface area contributed by atoms with Crippen LogP contribution in [0, 0.1) is 0 Å². The average molecular weight is 320 g/mol. The third-order valence-corrected chi connectivity index (χ3v) is 4.13. The number of hydrogen-bond donors (Lipinski definition) is 2. The fraction of sp³-hybridized carbons (Fsp3) is 0.312. The van der Waals surface area contributed by atoms with Gasteiger partial charge in [-0.2, -0.15) is 0 Å². The van der Waals surface area contributed by atoms with Crippen molar-refractivity contribution in [1.82, 2.24) is 10.6 Å². The maximum Gasteiger partial charge on any atom is 0.315 e. The Balaban J connectivity index is 1.98. The summed E-state index contributed by atoms with van der Waals surface area (Å²) >= 11 is 1.61. The van der Waals surface area contributed by atoms with E-state index in [0.717, 1.165) is 16.2 Å². The molecular formula is C16H20N2O3S. The summed E-state index contributed by atoms with van der Waals surface area (Å²) in [5.74, 6) is 1.44. The molecule has 1 aromatic carbocycles. The summed E-state index contributed by atoms with van der Waals surface area (Å²) in [7, 11) is 3.21. The highest BCUT2D eigenvalue weighted by atomic mass is 32.1. The van der Waals surface area contributed by atoms with Crippen LogP contribution in [0.1, 0.15) is 23.4 Å². The number of benzene rings is 1. The highest BCUT2D eigenvalue weighted by Gasteiger charge is 2.15. The van der Waals surface area contributed by atoms with Crippen LogP contribution in [0.3, 0.4) is 0 Å². The molecule has 1 heterocycles. The second kappa shape index (κ2) is 7.70. The first-order chi connectivity index (χ1) is 10.6. The largest absolute Gasteiger partial charge is 0.497 e. The van der Waals surface area contributed by atoms with E-state index in [1.807, 2.05) is 42.6 Å². The van der Waals surface area contributed by atoms with Crippen molar-refractivity contribution in [3.63, 3.8) is 0 Å².